The maximum Gasteiger partial charge on any atom is 0.391 e. The first-order valence-corrected chi connectivity index (χ1v) is 12.8. The van der Waals surface area contributed by atoms with E-state index in [0.717, 1.165) is 17.7 Å². The molecule has 1 aromatic carbocycles. The number of hydrogen-bond donors (Lipinski definition) is 3. The number of nitrogens with one attached hydrogen (secondary N) is 2. The second kappa shape index (κ2) is 11.8. The molecule has 1 aliphatic heterocycles. The number of nitrogens with zero attached hydrogens (tertiary/aromatic N) is 2. The van der Waals surface area contributed by atoms with Gasteiger partial charge in [-0.2, -0.15) is 13.2 Å². The number of aliphatic hydroxyl groups excluding tert-OH is 1. The van der Waals surface area contributed by atoms with Gasteiger partial charge in [0.05, 0.1) is 18.1 Å². The number of hydrogen-bond acceptors (Lipinski definition) is 6. The fourth-order valence-corrected chi connectivity index (χ4v) is 4.26. The highest BCUT2D eigenvalue weighted by molar-refractivity contribution is 6.00. The van der Waals surface area contributed by atoms with Gasteiger partial charge >= 0.3 is 6.18 Å². The van der Waals surface area contributed by atoms with Crippen molar-refractivity contribution in [2.75, 3.05) is 20.2 Å². The summed E-state index contributed by atoms with van der Waals surface area (Å²) in [6.07, 6.45) is -6.08. The Bertz CT molecular complexity index is 1090. The molecule has 0 spiro atoms. The molecule has 3 atom stereocenters. The Morgan fingerprint density at radius 2 is 1.85 bits per heavy atom. The number of carbonyl (C=O) groups is 4. The van der Waals surface area contributed by atoms with E-state index >= 15 is 0 Å². The Morgan fingerprint density at radius 3 is 2.44 bits per heavy atom. The van der Waals surface area contributed by atoms with E-state index in [1.807, 2.05) is 6.92 Å². The molecule has 1 aromatic rings. The van der Waals surface area contributed by atoms with E-state index in [2.05, 4.69) is 10.6 Å². The summed E-state index contributed by atoms with van der Waals surface area (Å²) >= 11 is 0. The van der Waals surface area contributed by atoms with E-state index in [9.17, 15) is 37.5 Å². The molecule has 1 saturated heterocycles. The number of carbonyl (C=O) groups excluding carboxylic acids is 4. The Hall–Kier alpha value is -3.35. The van der Waals surface area contributed by atoms with E-state index in [1.54, 1.807) is 13.8 Å². The highest BCUT2D eigenvalue weighted by atomic mass is 19.4. The highest BCUT2D eigenvalue weighted by Gasteiger charge is 2.45. The Labute approximate surface area is 224 Å². The summed E-state index contributed by atoms with van der Waals surface area (Å²) in [4.78, 5) is 53.7. The molecule has 3 N–H and O–H groups in total. The van der Waals surface area contributed by atoms with Crippen LogP contribution in [0.4, 0.5) is 13.2 Å². The van der Waals surface area contributed by atoms with Gasteiger partial charge in [0.25, 0.3) is 11.8 Å². The minimum atomic E-state index is -4.83. The van der Waals surface area contributed by atoms with Gasteiger partial charge in [-0.25, -0.2) is 0 Å². The molecule has 0 bridgehead atoms. The Balaban J connectivity index is 1.78. The molecular weight excluding hydrogens is 521 g/mol. The number of benzene rings is 1. The average molecular weight is 557 g/mol. The standard InChI is InChI=1S/C26H35F3N4O6/c1-15(2)32(4)24(38)19-11-16(34)13-33(19)23(37)18(12-26(27,28)29)30-22(36)17-7-5-6-8-20(17)39-14-21(35)31-25(3)9-10-25/h5-8,15-16,18-19,34H,9-14H2,1-4H3,(H,30,36)(H,31,35)/t16-,18?,19+/m0/s1. The van der Waals surface area contributed by atoms with Crippen molar-refractivity contribution < 1.29 is 42.2 Å². The fraction of sp³-hybridized carbons (Fsp3) is 0.615. The normalized spacial score (nSPS) is 20.8. The summed E-state index contributed by atoms with van der Waals surface area (Å²) in [7, 11) is 1.50. The van der Waals surface area contributed by atoms with Gasteiger partial charge in [0.15, 0.2) is 6.61 Å². The van der Waals surface area contributed by atoms with Crippen molar-refractivity contribution in [3.05, 3.63) is 29.8 Å². The second-order valence-electron chi connectivity index (χ2n) is 10.7. The zero-order chi connectivity index (χ0) is 29.1. The molecule has 10 nitrogen and oxygen atoms in total. The minimum Gasteiger partial charge on any atom is -0.483 e. The SMILES string of the molecule is CC(C)N(C)C(=O)[C@H]1C[C@H](O)CN1C(=O)C(CC(F)(F)F)NC(=O)c1ccccc1OCC(=O)NC1(C)CC1. The van der Waals surface area contributed by atoms with Crippen molar-refractivity contribution in [1.29, 1.82) is 0 Å². The monoisotopic (exact) mass is 556 g/mol. The number of β-amino-alcohol motifs (C(OH)–C–C–N with tert-alkyl or cyclic N) is 1. The van der Waals surface area contributed by atoms with Crippen molar-refractivity contribution in [3.63, 3.8) is 0 Å². The van der Waals surface area contributed by atoms with Gasteiger partial charge < -0.3 is 30.3 Å². The number of likely N-dealkylation sites (tertiary alicyclic amines) is 1. The average Bonchev–Trinajstić information content (AvgIpc) is 3.44. The molecule has 1 heterocycles. The largest absolute Gasteiger partial charge is 0.483 e. The third-order valence-corrected chi connectivity index (χ3v) is 6.94. The van der Waals surface area contributed by atoms with Crippen LogP contribution in [-0.4, -0.2) is 94.7 Å². The molecule has 0 aromatic heterocycles. The number of aliphatic hydroxyl groups is 1. The van der Waals surface area contributed by atoms with E-state index in [-0.39, 0.29) is 35.9 Å². The lowest BCUT2D eigenvalue weighted by atomic mass is 10.1. The number of alkyl halides is 3. The van der Waals surface area contributed by atoms with Crippen LogP contribution in [0.5, 0.6) is 5.75 Å². The third kappa shape index (κ3) is 8.07. The molecule has 3 rings (SSSR count). The predicted molar refractivity (Wildman–Crippen MR) is 134 cm³/mol. The topological polar surface area (TPSA) is 128 Å². The summed E-state index contributed by atoms with van der Waals surface area (Å²) in [5.41, 5.74) is -0.453. The van der Waals surface area contributed by atoms with E-state index in [0.29, 0.717) is 0 Å². The number of para-hydroxylation sites is 1. The maximum atomic E-state index is 13.5. The molecule has 4 amide bonds. The van der Waals surface area contributed by atoms with E-state index in [4.69, 9.17) is 4.74 Å². The molecular formula is C26H35F3N4O6. The smallest absolute Gasteiger partial charge is 0.391 e. The first kappa shape index (κ1) is 30.2. The quantitative estimate of drug-likeness (QED) is 0.402. The van der Waals surface area contributed by atoms with Gasteiger partial charge in [-0.1, -0.05) is 12.1 Å². The summed E-state index contributed by atoms with van der Waals surface area (Å²) < 4.78 is 45.9. The van der Waals surface area contributed by atoms with Crippen LogP contribution in [0.1, 0.15) is 56.8 Å². The maximum absolute atomic E-state index is 13.5. The summed E-state index contributed by atoms with van der Waals surface area (Å²) in [6.45, 7) is 4.58. The van der Waals surface area contributed by atoms with Crippen molar-refractivity contribution in [3.8, 4) is 5.75 Å². The van der Waals surface area contributed by atoms with Crippen LogP contribution < -0.4 is 15.4 Å². The molecule has 39 heavy (non-hydrogen) atoms. The van der Waals surface area contributed by atoms with Gasteiger partial charge in [0.2, 0.25) is 11.8 Å². The van der Waals surface area contributed by atoms with Crippen molar-refractivity contribution in [2.45, 2.75) is 82.4 Å². The van der Waals surface area contributed by atoms with Crippen LogP contribution in [0.2, 0.25) is 0 Å². The molecule has 2 fully saturated rings. The van der Waals surface area contributed by atoms with Gasteiger partial charge in [0.1, 0.15) is 17.8 Å². The van der Waals surface area contributed by atoms with Crippen molar-refractivity contribution in [1.82, 2.24) is 20.4 Å². The molecule has 216 valence electrons. The fourth-order valence-electron chi connectivity index (χ4n) is 4.26. The third-order valence-electron chi connectivity index (χ3n) is 6.94. The summed E-state index contributed by atoms with van der Waals surface area (Å²) in [5, 5.41) is 15.1. The number of rotatable bonds is 10. The molecule has 1 saturated carbocycles. The molecule has 1 aliphatic carbocycles. The molecule has 13 heteroatoms. The minimum absolute atomic E-state index is 0.0486. The van der Waals surface area contributed by atoms with Crippen LogP contribution in [0, 0.1) is 0 Å². The lowest BCUT2D eigenvalue weighted by molar-refractivity contribution is -0.156. The van der Waals surface area contributed by atoms with Crippen LogP contribution >= 0.6 is 0 Å². The number of halogens is 3. The van der Waals surface area contributed by atoms with Crippen LogP contribution in [0.15, 0.2) is 24.3 Å². The second-order valence-corrected chi connectivity index (χ2v) is 10.7. The first-order chi connectivity index (χ1) is 18.1. The molecule has 2 aliphatic rings. The zero-order valence-electron chi connectivity index (χ0n) is 22.4. The van der Waals surface area contributed by atoms with Gasteiger partial charge in [0, 0.05) is 31.6 Å². The van der Waals surface area contributed by atoms with Crippen LogP contribution in [0.3, 0.4) is 0 Å². The zero-order valence-corrected chi connectivity index (χ0v) is 22.4. The molecule has 1 unspecified atom stereocenters. The van der Waals surface area contributed by atoms with E-state index < -0.39 is 61.0 Å². The van der Waals surface area contributed by atoms with Crippen LogP contribution in [-0.2, 0) is 14.4 Å². The number of likely N-dealkylation sites (N-methyl/N-ethyl adjacent to an activating group) is 1. The number of amides is 4. The Kier molecular flexibility index (Phi) is 9.14. The highest BCUT2D eigenvalue weighted by Crippen LogP contribution is 2.34. The molecule has 0 radical (unpaired) electrons. The lowest BCUT2D eigenvalue weighted by Gasteiger charge is -2.32. The summed E-state index contributed by atoms with van der Waals surface area (Å²) in [6, 6.07) is 2.18. The number of ether oxygens (including phenoxy) is 1. The van der Waals surface area contributed by atoms with Gasteiger partial charge in [-0.05, 0) is 45.7 Å². The van der Waals surface area contributed by atoms with Crippen molar-refractivity contribution >= 4 is 23.6 Å². The lowest BCUT2D eigenvalue weighted by Crippen LogP contribution is -2.55. The summed E-state index contributed by atoms with van der Waals surface area (Å²) in [5.74, 6) is -3.14. The van der Waals surface area contributed by atoms with Gasteiger partial charge in [-0.15, -0.1) is 0 Å². The van der Waals surface area contributed by atoms with Gasteiger partial charge in [-0.3, -0.25) is 19.2 Å². The van der Waals surface area contributed by atoms with Crippen LogP contribution in [0.25, 0.3) is 0 Å². The predicted octanol–water partition coefficient (Wildman–Crippen LogP) is 1.61. The van der Waals surface area contributed by atoms with Crippen molar-refractivity contribution in [2.24, 2.45) is 0 Å². The first-order valence-electron chi connectivity index (χ1n) is 12.8. The Morgan fingerprint density at radius 1 is 1.21 bits per heavy atom. The van der Waals surface area contributed by atoms with E-state index in [1.165, 1.54) is 36.2 Å².